The lowest BCUT2D eigenvalue weighted by Crippen LogP contribution is -2.48. The molecule has 12 heteroatoms. The summed E-state index contributed by atoms with van der Waals surface area (Å²) in [5.74, 6) is -0.537. The molecule has 10 nitrogen and oxygen atoms in total. The van der Waals surface area contributed by atoms with Crippen molar-refractivity contribution in [3.05, 3.63) is 47.7 Å². The van der Waals surface area contributed by atoms with Crippen LogP contribution in [0, 0.1) is 0 Å². The van der Waals surface area contributed by atoms with Gasteiger partial charge in [-0.05, 0) is 50.2 Å². The average Bonchev–Trinajstić information content (AvgIpc) is 3.21. The van der Waals surface area contributed by atoms with Crippen LogP contribution < -0.4 is 0 Å². The predicted octanol–water partition coefficient (Wildman–Crippen LogP) is 1.68. The molecule has 2 atom stereocenters. The molecule has 0 bridgehead atoms. The second-order valence-corrected chi connectivity index (χ2v) is 11.7. The SMILES string of the molecule is CC1CN(S(=O)(=O)c2ccc(C(=O)OCc3ccc(S(=O)(=O)N(C)C)o3)cc2)CC(C)O1. The van der Waals surface area contributed by atoms with Gasteiger partial charge in [0.25, 0.3) is 10.0 Å². The van der Waals surface area contributed by atoms with Crippen LogP contribution in [-0.4, -0.2) is 70.8 Å². The third-order valence-electron chi connectivity index (χ3n) is 4.83. The highest BCUT2D eigenvalue weighted by Gasteiger charge is 2.32. The molecule has 2 unspecified atom stereocenters. The topological polar surface area (TPSA) is 123 Å². The van der Waals surface area contributed by atoms with E-state index in [9.17, 15) is 21.6 Å². The number of morpholine rings is 1. The van der Waals surface area contributed by atoms with Crippen molar-refractivity contribution in [2.24, 2.45) is 0 Å². The van der Waals surface area contributed by atoms with Crippen LogP contribution in [0.2, 0.25) is 0 Å². The largest absolute Gasteiger partial charge is 0.454 e. The number of ether oxygens (including phenoxy) is 2. The number of nitrogens with zero attached hydrogens (tertiary/aromatic N) is 2. The van der Waals surface area contributed by atoms with E-state index in [1.165, 1.54) is 54.8 Å². The van der Waals surface area contributed by atoms with E-state index >= 15 is 0 Å². The standard InChI is InChI=1S/C20H26N2O8S2/c1-14-11-22(12-15(2)29-14)31(24,25)18-8-5-16(6-9-18)20(23)28-13-17-7-10-19(30-17)32(26,27)21(3)4/h5-10,14-15H,11-13H2,1-4H3. The van der Waals surface area contributed by atoms with Crippen molar-refractivity contribution < 1.29 is 35.5 Å². The molecule has 0 aliphatic carbocycles. The van der Waals surface area contributed by atoms with Gasteiger partial charge in [-0.25, -0.2) is 25.9 Å². The molecule has 1 aliphatic heterocycles. The van der Waals surface area contributed by atoms with Crippen molar-refractivity contribution in [2.45, 2.75) is 42.7 Å². The van der Waals surface area contributed by atoms with Crippen LogP contribution in [0.1, 0.15) is 30.0 Å². The highest BCUT2D eigenvalue weighted by molar-refractivity contribution is 7.89. The summed E-state index contributed by atoms with van der Waals surface area (Å²) in [6, 6.07) is 8.13. The lowest BCUT2D eigenvalue weighted by atomic mass is 10.2. The number of carbonyl (C=O) groups excluding carboxylic acids is 1. The summed E-state index contributed by atoms with van der Waals surface area (Å²) >= 11 is 0. The van der Waals surface area contributed by atoms with Crippen LogP contribution in [0.15, 0.2) is 50.8 Å². The molecule has 0 amide bonds. The van der Waals surface area contributed by atoms with Gasteiger partial charge in [-0.15, -0.1) is 0 Å². The van der Waals surface area contributed by atoms with Gasteiger partial charge in [0.15, 0.2) is 0 Å². The van der Waals surface area contributed by atoms with E-state index in [-0.39, 0.29) is 53.2 Å². The van der Waals surface area contributed by atoms with E-state index in [1.54, 1.807) is 0 Å². The van der Waals surface area contributed by atoms with Crippen molar-refractivity contribution >= 4 is 26.0 Å². The van der Waals surface area contributed by atoms with Gasteiger partial charge < -0.3 is 13.9 Å². The molecule has 2 aromatic rings. The van der Waals surface area contributed by atoms with Gasteiger partial charge in [0.05, 0.1) is 22.7 Å². The first-order valence-electron chi connectivity index (χ1n) is 9.85. The number of hydrogen-bond donors (Lipinski definition) is 0. The van der Waals surface area contributed by atoms with Crippen molar-refractivity contribution in [3.8, 4) is 0 Å². The smallest absolute Gasteiger partial charge is 0.338 e. The Morgan fingerprint density at radius 3 is 2.19 bits per heavy atom. The fourth-order valence-corrected chi connectivity index (χ4v) is 5.62. The minimum Gasteiger partial charge on any atom is -0.454 e. The second kappa shape index (κ2) is 9.32. The van der Waals surface area contributed by atoms with Gasteiger partial charge in [0.1, 0.15) is 12.4 Å². The molecule has 2 heterocycles. The first-order valence-corrected chi connectivity index (χ1v) is 12.7. The maximum absolute atomic E-state index is 12.9. The highest BCUT2D eigenvalue weighted by Crippen LogP contribution is 2.22. The molecule has 1 fully saturated rings. The number of esters is 1. The highest BCUT2D eigenvalue weighted by atomic mass is 32.2. The van der Waals surface area contributed by atoms with E-state index in [0.717, 1.165) is 4.31 Å². The Bertz CT molecular complexity index is 1160. The van der Waals surface area contributed by atoms with Gasteiger partial charge in [-0.3, -0.25) is 0 Å². The molecule has 1 aromatic carbocycles. The van der Waals surface area contributed by atoms with E-state index in [4.69, 9.17) is 13.9 Å². The third kappa shape index (κ3) is 5.21. The molecule has 176 valence electrons. The van der Waals surface area contributed by atoms with E-state index in [2.05, 4.69) is 0 Å². The van der Waals surface area contributed by atoms with Crippen molar-refractivity contribution in [3.63, 3.8) is 0 Å². The molecule has 1 saturated heterocycles. The maximum atomic E-state index is 12.9. The number of benzene rings is 1. The molecule has 32 heavy (non-hydrogen) atoms. The molecular weight excluding hydrogens is 460 g/mol. The first kappa shape index (κ1) is 24.4. The van der Waals surface area contributed by atoms with Crippen molar-refractivity contribution in [1.29, 1.82) is 0 Å². The number of rotatable bonds is 7. The number of furan rings is 1. The Labute approximate surface area is 187 Å². The van der Waals surface area contributed by atoms with Crippen LogP contribution in [0.4, 0.5) is 0 Å². The van der Waals surface area contributed by atoms with Crippen molar-refractivity contribution in [2.75, 3.05) is 27.2 Å². The van der Waals surface area contributed by atoms with Gasteiger partial charge >= 0.3 is 5.97 Å². The lowest BCUT2D eigenvalue weighted by Gasteiger charge is -2.34. The summed E-state index contributed by atoms with van der Waals surface area (Å²) in [6.45, 7) is 3.87. The fourth-order valence-electron chi connectivity index (χ4n) is 3.21. The number of sulfonamides is 2. The molecule has 0 saturated carbocycles. The second-order valence-electron chi connectivity index (χ2n) is 7.69. The normalized spacial score (nSPS) is 20.4. The fraction of sp³-hybridized carbons (Fsp3) is 0.450. The van der Waals surface area contributed by atoms with Crippen LogP contribution >= 0.6 is 0 Å². The lowest BCUT2D eigenvalue weighted by molar-refractivity contribution is -0.0440. The Morgan fingerprint density at radius 1 is 1.03 bits per heavy atom. The summed E-state index contributed by atoms with van der Waals surface area (Å²) in [7, 11) is -4.69. The van der Waals surface area contributed by atoms with E-state index in [0.29, 0.717) is 0 Å². The van der Waals surface area contributed by atoms with Gasteiger partial charge in [-0.2, -0.15) is 4.31 Å². The maximum Gasteiger partial charge on any atom is 0.338 e. The summed E-state index contributed by atoms with van der Waals surface area (Å²) < 4.78 is 68.2. The van der Waals surface area contributed by atoms with Gasteiger partial charge in [-0.1, -0.05) is 0 Å². The number of carbonyl (C=O) groups is 1. The predicted molar refractivity (Wildman–Crippen MR) is 114 cm³/mol. The van der Waals surface area contributed by atoms with Crippen LogP contribution in [0.5, 0.6) is 0 Å². The zero-order valence-corrected chi connectivity index (χ0v) is 19.9. The summed E-state index contributed by atoms with van der Waals surface area (Å²) in [5.41, 5.74) is 0.153. The Balaban J connectivity index is 1.65. The zero-order valence-electron chi connectivity index (χ0n) is 18.2. The molecule has 0 N–H and O–H groups in total. The molecule has 0 spiro atoms. The Morgan fingerprint density at radius 2 is 1.62 bits per heavy atom. The molecule has 3 rings (SSSR count). The summed E-state index contributed by atoms with van der Waals surface area (Å²) in [6.07, 6.45) is -0.421. The molecule has 1 aromatic heterocycles. The van der Waals surface area contributed by atoms with Gasteiger partial charge in [0.2, 0.25) is 15.1 Å². The third-order valence-corrected chi connectivity index (χ3v) is 8.37. The minimum atomic E-state index is -3.72. The van der Waals surface area contributed by atoms with Crippen LogP contribution in [0.3, 0.4) is 0 Å². The van der Waals surface area contributed by atoms with Gasteiger partial charge in [0, 0.05) is 27.2 Å². The Hall–Kier alpha value is -2.25. The average molecular weight is 487 g/mol. The van der Waals surface area contributed by atoms with Crippen molar-refractivity contribution in [1.82, 2.24) is 8.61 Å². The summed E-state index contributed by atoms with van der Waals surface area (Å²) in [4.78, 5) is 12.4. The first-order chi connectivity index (χ1) is 14.9. The van der Waals surface area contributed by atoms with Crippen LogP contribution in [0.25, 0.3) is 0 Å². The molecule has 0 radical (unpaired) electrons. The Kier molecular flexibility index (Phi) is 7.10. The van der Waals surface area contributed by atoms with E-state index in [1.807, 2.05) is 13.8 Å². The zero-order chi connectivity index (χ0) is 23.7. The molecular formula is C20H26N2O8S2. The van der Waals surface area contributed by atoms with E-state index < -0.39 is 26.0 Å². The quantitative estimate of drug-likeness (QED) is 0.542. The molecule has 1 aliphatic rings. The van der Waals surface area contributed by atoms with Crippen LogP contribution in [-0.2, 0) is 36.1 Å². The number of hydrogen-bond acceptors (Lipinski definition) is 8. The minimum absolute atomic E-state index is 0.0694. The summed E-state index contributed by atoms with van der Waals surface area (Å²) in [5, 5.41) is -0.255. The monoisotopic (exact) mass is 486 g/mol.